The standard InChI is InChI=1S/C20H16ClN2OS/c1-13-12-25-20-22(13)18(19(24)15-8-10-16(21)11-9-15)14(2)23(20)17-6-4-3-5-7-17/h3-12H,1-2H3/q+1. The Bertz CT molecular complexity index is 1080. The molecule has 0 spiro atoms. The normalized spacial score (nSPS) is 11.2. The highest BCUT2D eigenvalue weighted by atomic mass is 35.5. The molecule has 0 atom stereocenters. The molecule has 0 unspecified atom stereocenters. The number of aromatic nitrogens is 2. The molecule has 0 aliphatic rings. The van der Waals surface area contributed by atoms with E-state index in [9.17, 15) is 4.79 Å². The maximum Gasteiger partial charge on any atom is 0.351 e. The maximum atomic E-state index is 13.2. The Morgan fingerprint density at radius 1 is 1.04 bits per heavy atom. The molecule has 2 heterocycles. The summed E-state index contributed by atoms with van der Waals surface area (Å²) >= 11 is 7.60. The number of para-hydroxylation sites is 1. The van der Waals surface area contributed by atoms with Crippen molar-refractivity contribution in [1.29, 1.82) is 0 Å². The molecule has 0 radical (unpaired) electrons. The quantitative estimate of drug-likeness (QED) is 0.378. The van der Waals surface area contributed by atoms with Gasteiger partial charge in [-0.3, -0.25) is 4.79 Å². The highest BCUT2D eigenvalue weighted by Crippen LogP contribution is 2.24. The van der Waals surface area contributed by atoms with E-state index in [-0.39, 0.29) is 5.78 Å². The van der Waals surface area contributed by atoms with Crippen LogP contribution in [0.1, 0.15) is 27.4 Å². The number of carbonyl (C=O) groups excluding carboxylic acids is 1. The number of aryl methyl sites for hydroxylation is 1. The molecule has 124 valence electrons. The van der Waals surface area contributed by atoms with Gasteiger partial charge in [0.1, 0.15) is 11.4 Å². The first kappa shape index (κ1) is 16.1. The van der Waals surface area contributed by atoms with E-state index >= 15 is 0 Å². The predicted molar refractivity (Wildman–Crippen MR) is 101 cm³/mol. The zero-order valence-electron chi connectivity index (χ0n) is 13.9. The molecule has 0 fully saturated rings. The van der Waals surface area contributed by atoms with Gasteiger partial charge in [0, 0.05) is 22.9 Å². The number of thiazole rings is 1. The first-order valence-electron chi connectivity index (χ1n) is 7.95. The Balaban J connectivity index is 1.98. The summed E-state index contributed by atoms with van der Waals surface area (Å²) in [5.74, 6) is 0.000322. The van der Waals surface area contributed by atoms with E-state index in [0.717, 1.165) is 22.0 Å². The first-order valence-corrected chi connectivity index (χ1v) is 9.20. The summed E-state index contributed by atoms with van der Waals surface area (Å²) in [6, 6.07) is 17.2. The van der Waals surface area contributed by atoms with Crippen LogP contribution in [0.25, 0.3) is 10.6 Å². The fourth-order valence-electron chi connectivity index (χ4n) is 3.12. The van der Waals surface area contributed by atoms with Crippen LogP contribution < -0.4 is 4.57 Å². The highest BCUT2D eigenvalue weighted by molar-refractivity contribution is 7.14. The fourth-order valence-corrected chi connectivity index (χ4v) is 4.31. The van der Waals surface area contributed by atoms with Crippen molar-refractivity contribution in [1.82, 2.24) is 4.40 Å². The lowest BCUT2D eigenvalue weighted by Crippen LogP contribution is -2.32. The van der Waals surface area contributed by atoms with E-state index in [1.54, 1.807) is 35.6 Å². The Hall–Kier alpha value is -2.43. The molecule has 4 rings (SSSR count). The molecule has 3 nitrogen and oxygen atoms in total. The van der Waals surface area contributed by atoms with Crippen molar-refractivity contribution in [3.63, 3.8) is 0 Å². The van der Waals surface area contributed by atoms with Gasteiger partial charge in [-0.2, -0.15) is 8.97 Å². The molecule has 5 heteroatoms. The van der Waals surface area contributed by atoms with Gasteiger partial charge in [-0.1, -0.05) is 41.1 Å². The summed E-state index contributed by atoms with van der Waals surface area (Å²) in [4.78, 5) is 14.2. The Kier molecular flexibility index (Phi) is 3.94. The van der Waals surface area contributed by atoms with E-state index < -0.39 is 0 Å². The van der Waals surface area contributed by atoms with Crippen LogP contribution in [0.15, 0.2) is 60.0 Å². The number of hydrogen-bond acceptors (Lipinski definition) is 2. The van der Waals surface area contributed by atoms with E-state index in [0.29, 0.717) is 16.3 Å². The molecule has 4 aromatic rings. The number of carbonyl (C=O) groups is 1. The molecule has 0 amide bonds. The van der Waals surface area contributed by atoms with E-state index in [1.165, 1.54) is 0 Å². The van der Waals surface area contributed by atoms with E-state index in [1.807, 2.05) is 36.4 Å². The van der Waals surface area contributed by atoms with Gasteiger partial charge in [-0.15, -0.1) is 0 Å². The summed E-state index contributed by atoms with van der Waals surface area (Å²) < 4.78 is 4.19. The van der Waals surface area contributed by atoms with Crippen molar-refractivity contribution in [2.45, 2.75) is 13.8 Å². The number of halogens is 1. The second kappa shape index (κ2) is 6.14. The highest BCUT2D eigenvalue weighted by Gasteiger charge is 2.32. The Labute approximate surface area is 154 Å². The van der Waals surface area contributed by atoms with Crippen molar-refractivity contribution >= 4 is 33.7 Å². The van der Waals surface area contributed by atoms with E-state index in [4.69, 9.17) is 11.6 Å². The van der Waals surface area contributed by atoms with Crippen molar-refractivity contribution in [2.24, 2.45) is 0 Å². The largest absolute Gasteiger partial charge is 0.351 e. The van der Waals surface area contributed by atoms with Gasteiger partial charge in [0.15, 0.2) is 5.69 Å². The first-order chi connectivity index (χ1) is 12.1. The molecular formula is C20H16ClN2OS+. The lowest BCUT2D eigenvalue weighted by atomic mass is 10.1. The Morgan fingerprint density at radius 2 is 1.72 bits per heavy atom. The summed E-state index contributed by atoms with van der Waals surface area (Å²) in [5, 5.41) is 2.70. The zero-order valence-corrected chi connectivity index (χ0v) is 15.4. The van der Waals surface area contributed by atoms with Crippen LogP contribution >= 0.6 is 22.9 Å². The monoisotopic (exact) mass is 367 g/mol. The van der Waals surface area contributed by atoms with E-state index in [2.05, 4.69) is 22.1 Å². The number of ketones is 1. The molecule has 0 N–H and O–H groups in total. The van der Waals surface area contributed by atoms with Gasteiger partial charge in [0.05, 0.1) is 0 Å². The molecule has 0 bridgehead atoms. The lowest BCUT2D eigenvalue weighted by Gasteiger charge is -2.00. The topological polar surface area (TPSA) is 25.4 Å². The summed E-state index contributed by atoms with van der Waals surface area (Å²) in [6.45, 7) is 4.02. The molecule has 25 heavy (non-hydrogen) atoms. The molecule has 0 aliphatic heterocycles. The minimum atomic E-state index is 0.000322. The minimum Gasteiger partial charge on any atom is -0.284 e. The maximum absolute atomic E-state index is 13.2. The zero-order chi connectivity index (χ0) is 17.6. The summed E-state index contributed by atoms with van der Waals surface area (Å²) in [5.41, 5.74) is 4.36. The third kappa shape index (κ3) is 2.58. The smallest absolute Gasteiger partial charge is 0.284 e. The van der Waals surface area contributed by atoms with Crippen molar-refractivity contribution in [3.05, 3.63) is 87.6 Å². The number of hydrogen-bond donors (Lipinski definition) is 0. The second-order valence-corrected chi connectivity index (χ2v) is 7.21. The van der Waals surface area contributed by atoms with Gasteiger partial charge in [0.25, 0.3) is 0 Å². The van der Waals surface area contributed by atoms with Crippen LogP contribution in [0.3, 0.4) is 0 Å². The lowest BCUT2D eigenvalue weighted by molar-refractivity contribution is -0.571. The van der Waals surface area contributed by atoms with Crippen molar-refractivity contribution < 1.29 is 9.36 Å². The third-order valence-electron chi connectivity index (χ3n) is 4.31. The minimum absolute atomic E-state index is 0.000322. The SMILES string of the molecule is Cc1csc2n1c(C(=O)c1ccc(Cl)cc1)c(C)[n+]2-c1ccccc1. The molecule has 0 saturated heterocycles. The Morgan fingerprint density at radius 3 is 2.40 bits per heavy atom. The molecular weight excluding hydrogens is 352 g/mol. The predicted octanol–water partition coefficient (Wildman–Crippen LogP) is 4.78. The third-order valence-corrected chi connectivity index (χ3v) is 5.59. The van der Waals surface area contributed by atoms with Gasteiger partial charge in [-0.25, -0.2) is 0 Å². The number of fused-ring (bicyclic) bond motifs is 1. The molecule has 2 aromatic carbocycles. The fraction of sp³-hybridized carbons (Fsp3) is 0.100. The van der Waals surface area contributed by atoms with Crippen LogP contribution in [0.4, 0.5) is 0 Å². The summed E-state index contributed by atoms with van der Waals surface area (Å²) in [6.07, 6.45) is 0. The van der Waals surface area contributed by atoms with Gasteiger partial charge < -0.3 is 0 Å². The van der Waals surface area contributed by atoms with Crippen LogP contribution in [0, 0.1) is 13.8 Å². The van der Waals surface area contributed by atoms with Crippen LogP contribution in [0.2, 0.25) is 5.02 Å². The number of benzene rings is 2. The van der Waals surface area contributed by atoms with Gasteiger partial charge >= 0.3 is 4.96 Å². The van der Waals surface area contributed by atoms with Crippen molar-refractivity contribution in [3.8, 4) is 5.69 Å². The van der Waals surface area contributed by atoms with Gasteiger partial charge in [0.2, 0.25) is 11.5 Å². The van der Waals surface area contributed by atoms with Crippen LogP contribution in [0.5, 0.6) is 0 Å². The molecule has 0 saturated carbocycles. The second-order valence-electron chi connectivity index (χ2n) is 5.94. The summed E-state index contributed by atoms with van der Waals surface area (Å²) in [7, 11) is 0. The molecule has 2 aromatic heterocycles. The molecule has 0 aliphatic carbocycles. The van der Waals surface area contributed by atoms with Crippen molar-refractivity contribution in [2.75, 3.05) is 0 Å². The average molecular weight is 368 g/mol. The average Bonchev–Trinajstić information content (AvgIpc) is 3.12. The van der Waals surface area contributed by atoms with Crippen LogP contribution in [-0.4, -0.2) is 10.2 Å². The number of rotatable bonds is 3. The van der Waals surface area contributed by atoms with Gasteiger partial charge in [-0.05, 0) is 43.3 Å². The number of nitrogens with zero attached hydrogens (tertiary/aromatic N) is 2. The van der Waals surface area contributed by atoms with Crippen LogP contribution in [-0.2, 0) is 0 Å². The number of imidazole rings is 1.